The summed E-state index contributed by atoms with van der Waals surface area (Å²) in [6.07, 6.45) is 3.22. The van der Waals surface area contributed by atoms with Crippen molar-refractivity contribution in [1.29, 1.82) is 0 Å². The lowest BCUT2D eigenvalue weighted by Gasteiger charge is -2.28. The van der Waals surface area contributed by atoms with E-state index >= 15 is 0 Å². The topological polar surface area (TPSA) is 83.1 Å². The first-order valence-corrected chi connectivity index (χ1v) is 10.7. The molecule has 0 aromatic heterocycles. The number of hydrogen-bond acceptors (Lipinski definition) is 6. The first-order valence-electron chi connectivity index (χ1n) is 10.7. The Kier molecular flexibility index (Phi) is 6.30. The number of esters is 1. The summed E-state index contributed by atoms with van der Waals surface area (Å²) in [5.41, 5.74) is 0.633. The maximum atomic E-state index is 13.2. The second-order valence-electron chi connectivity index (χ2n) is 7.70. The van der Waals surface area contributed by atoms with E-state index in [1.807, 2.05) is 31.2 Å². The van der Waals surface area contributed by atoms with Gasteiger partial charge in [-0.15, -0.1) is 0 Å². The Balaban J connectivity index is 1.44. The first-order chi connectivity index (χ1) is 15.1. The van der Waals surface area contributed by atoms with E-state index in [1.54, 1.807) is 18.2 Å². The Morgan fingerprint density at radius 3 is 2.55 bits per heavy atom. The molecule has 0 bridgehead atoms. The predicted octanol–water partition coefficient (Wildman–Crippen LogP) is 3.85. The number of carbonyl (C=O) groups is 2. The van der Waals surface area contributed by atoms with Crippen LogP contribution in [0.25, 0.3) is 0 Å². The van der Waals surface area contributed by atoms with Crippen molar-refractivity contribution in [1.82, 2.24) is 0 Å². The van der Waals surface area contributed by atoms with Crippen molar-refractivity contribution < 1.29 is 28.5 Å². The van der Waals surface area contributed by atoms with E-state index in [2.05, 4.69) is 5.32 Å². The minimum absolute atomic E-state index is 0.356. The highest BCUT2D eigenvalue weighted by Gasteiger charge is 2.45. The maximum absolute atomic E-state index is 13.2. The average molecular weight is 425 g/mol. The third-order valence-corrected chi connectivity index (χ3v) is 5.74. The number of hydrogen-bond donors (Lipinski definition) is 1. The fourth-order valence-electron chi connectivity index (χ4n) is 4.24. The molecule has 1 fully saturated rings. The molecule has 2 aliphatic rings. The number of rotatable bonds is 7. The van der Waals surface area contributed by atoms with Crippen molar-refractivity contribution in [3.8, 4) is 17.2 Å². The van der Waals surface area contributed by atoms with Gasteiger partial charge in [-0.25, -0.2) is 0 Å². The van der Waals surface area contributed by atoms with Crippen LogP contribution in [0.3, 0.4) is 0 Å². The Bertz CT molecular complexity index is 951. The van der Waals surface area contributed by atoms with E-state index in [0.717, 1.165) is 18.4 Å². The molecule has 7 heteroatoms. The van der Waals surface area contributed by atoms with Crippen LogP contribution >= 0.6 is 0 Å². The molecule has 164 valence electrons. The molecule has 0 radical (unpaired) electrons. The molecule has 4 rings (SSSR count). The van der Waals surface area contributed by atoms with Crippen LogP contribution in [0.4, 0.5) is 5.69 Å². The highest BCUT2D eigenvalue weighted by Crippen LogP contribution is 2.45. The largest absolute Gasteiger partial charge is 0.492 e. The molecule has 2 aromatic rings. The predicted molar refractivity (Wildman–Crippen MR) is 115 cm³/mol. The number of anilines is 1. The SMILES string of the molecule is CCOc1ccccc1NC(=O)COC(=O)C1(c2ccc3c(c2)OCCO3)CCCC1. The summed E-state index contributed by atoms with van der Waals surface area (Å²) in [5, 5.41) is 2.76. The molecule has 2 aromatic carbocycles. The normalized spacial score (nSPS) is 16.4. The Labute approximate surface area is 181 Å². The van der Waals surface area contributed by atoms with Crippen molar-refractivity contribution in [2.24, 2.45) is 0 Å². The standard InChI is InChI=1S/C24H27NO6/c1-2-28-19-8-4-3-7-18(19)25-22(26)16-31-23(27)24(11-5-6-12-24)17-9-10-20-21(15-17)30-14-13-29-20/h3-4,7-10,15H,2,5-6,11-14,16H2,1H3,(H,25,26). The van der Waals surface area contributed by atoms with Crippen LogP contribution in [0.1, 0.15) is 38.2 Å². The van der Waals surface area contributed by atoms with Gasteiger partial charge in [-0.05, 0) is 49.6 Å². The quantitative estimate of drug-likeness (QED) is 0.679. The molecule has 1 N–H and O–H groups in total. The number of fused-ring (bicyclic) bond motifs is 1. The van der Waals surface area contributed by atoms with Crippen molar-refractivity contribution in [3.63, 3.8) is 0 Å². The molecule has 0 atom stereocenters. The number of nitrogens with one attached hydrogen (secondary N) is 1. The zero-order chi connectivity index (χ0) is 21.7. The molecule has 7 nitrogen and oxygen atoms in total. The minimum Gasteiger partial charge on any atom is -0.492 e. The maximum Gasteiger partial charge on any atom is 0.317 e. The van der Waals surface area contributed by atoms with Crippen LogP contribution in [-0.2, 0) is 19.7 Å². The number of para-hydroxylation sites is 2. The van der Waals surface area contributed by atoms with Crippen LogP contribution in [0, 0.1) is 0 Å². The molecule has 0 unspecified atom stereocenters. The van der Waals surface area contributed by atoms with Gasteiger partial charge >= 0.3 is 5.97 Å². The van der Waals surface area contributed by atoms with Gasteiger partial charge in [-0.2, -0.15) is 0 Å². The Morgan fingerprint density at radius 2 is 1.77 bits per heavy atom. The van der Waals surface area contributed by atoms with E-state index in [4.69, 9.17) is 18.9 Å². The molecule has 0 spiro atoms. The van der Waals surface area contributed by atoms with Crippen LogP contribution in [-0.4, -0.2) is 38.3 Å². The molecule has 1 aliphatic heterocycles. The van der Waals surface area contributed by atoms with E-state index in [1.165, 1.54) is 0 Å². The number of amides is 1. The van der Waals surface area contributed by atoms with Gasteiger partial charge in [0.25, 0.3) is 5.91 Å². The van der Waals surface area contributed by atoms with Gasteiger partial charge in [-0.1, -0.05) is 31.0 Å². The molecular weight excluding hydrogens is 398 g/mol. The van der Waals surface area contributed by atoms with Gasteiger partial charge in [0.1, 0.15) is 19.0 Å². The summed E-state index contributed by atoms with van der Waals surface area (Å²) < 4.78 is 22.3. The number of carbonyl (C=O) groups excluding carboxylic acids is 2. The molecule has 0 saturated heterocycles. The summed E-state index contributed by atoms with van der Waals surface area (Å²) in [5.74, 6) is 1.12. The fraction of sp³-hybridized carbons (Fsp3) is 0.417. The highest BCUT2D eigenvalue weighted by atomic mass is 16.6. The summed E-state index contributed by atoms with van der Waals surface area (Å²) in [7, 11) is 0. The third-order valence-electron chi connectivity index (χ3n) is 5.74. The van der Waals surface area contributed by atoms with Crippen molar-refractivity contribution in [2.45, 2.75) is 38.0 Å². The zero-order valence-electron chi connectivity index (χ0n) is 17.6. The fourth-order valence-corrected chi connectivity index (χ4v) is 4.24. The zero-order valence-corrected chi connectivity index (χ0v) is 17.6. The van der Waals surface area contributed by atoms with E-state index in [0.29, 0.717) is 55.6 Å². The molecule has 1 saturated carbocycles. The Hall–Kier alpha value is -3.22. The van der Waals surface area contributed by atoms with Gasteiger partial charge in [0.05, 0.1) is 17.7 Å². The van der Waals surface area contributed by atoms with Gasteiger partial charge < -0.3 is 24.3 Å². The average Bonchev–Trinajstić information content (AvgIpc) is 3.30. The van der Waals surface area contributed by atoms with Crippen molar-refractivity contribution in [2.75, 3.05) is 31.7 Å². The van der Waals surface area contributed by atoms with Gasteiger partial charge in [-0.3, -0.25) is 9.59 Å². The number of benzene rings is 2. The molecule has 1 aliphatic carbocycles. The van der Waals surface area contributed by atoms with Crippen LogP contribution in [0.15, 0.2) is 42.5 Å². The van der Waals surface area contributed by atoms with Crippen molar-refractivity contribution in [3.05, 3.63) is 48.0 Å². The van der Waals surface area contributed by atoms with E-state index < -0.39 is 11.3 Å². The smallest absolute Gasteiger partial charge is 0.317 e. The van der Waals surface area contributed by atoms with E-state index in [9.17, 15) is 9.59 Å². The molecule has 31 heavy (non-hydrogen) atoms. The summed E-state index contributed by atoms with van der Waals surface area (Å²) in [4.78, 5) is 25.6. The van der Waals surface area contributed by atoms with Crippen LogP contribution in [0.2, 0.25) is 0 Å². The lowest BCUT2D eigenvalue weighted by molar-refractivity contribution is -0.153. The van der Waals surface area contributed by atoms with Crippen LogP contribution < -0.4 is 19.5 Å². The monoisotopic (exact) mass is 425 g/mol. The molecule has 1 heterocycles. The first kappa shape index (κ1) is 21.0. The lowest BCUT2D eigenvalue weighted by Crippen LogP contribution is -2.36. The molecule has 1 amide bonds. The number of ether oxygens (including phenoxy) is 4. The van der Waals surface area contributed by atoms with E-state index in [-0.39, 0.29) is 12.6 Å². The van der Waals surface area contributed by atoms with Gasteiger partial charge in [0.15, 0.2) is 18.1 Å². The van der Waals surface area contributed by atoms with Crippen molar-refractivity contribution >= 4 is 17.6 Å². The second kappa shape index (κ2) is 9.29. The van der Waals surface area contributed by atoms with Gasteiger partial charge in [0, 0.05) is 0 Å². The third kappa shape index (κ3) is 4.45. The summed E-state index contributed by atoms with van der Waals surface area (Å²) >= 11 is 0. The lowest BCUT2D eigenvalue weighted by atomic mass is 9.78. The summed E-state index contributed by atoms with van der Waals surface area (Å²) in [6, 6.07) is 12.8. The van der Waals surface area contributed by atoms with Gasteiger partial charge in [0.2, 0.25) is 0 Å². The Morgan fingerprint density at radius 1 is 1.03 bits per heavy atom. The highest BCUT2D eigenvalue weighted by molar-refractivity contribution is 5.95. The minimum atomic E-state index is -0.765. The van der Waals surface area contributed by atoms with Crippen LogP contribution in [0.5, 0.6) is 17.2 Å². The molecular formula is C24H27NO6. The summed E-state index contributed by atoms with van der Waals surface area (Å²) in [6.45, 7) is 3.00. The second-order valence-corrected chi connectivity index (χ2v) is 7.70.